The van der Waals surface area contributed by atoms with Gasteiger partial charge in [-0.1, -0.05) is 24.3 Å². The molecule has 3 rings (SSSR count). The van der Waals surface area contributed by atoms with Gasteiger partial charge in [-0.2, -0.15) is 0 Å². The number of para-hydroxylation sites is 2. The van der Waals surface area contributed by atoms with Gasteiger partial charge in [-0.15, -0.1) is 11.3 Å². The molecule has 7 heteroatoms. The fourth-order valence-corrected chi connectivity index (χ4v) is 3.06. The third kappa shape index (κ3) is 4.77. The van der Waals surface area contributed by atoms with Crippen LogP contribution in [0, 0.1) is 0 Å². The van der Waals surface area contributed by atoms with Gasteiger partial charge in [0.2, 0.25) is 0 Å². The minimum absolute atomic E-state index is 0.259. The van der Waals surface area contributed by atoms with Gasteiger partial charge in [-0.25, -0.2) is 4.98 Å². The summed E-state index contributed by atoms with van der Waals surface area (Å²) >= 11 is 1.38. The zero-order valence-corrected chi connectivity index (χ0v) is 16.0. The molecule has 2 aromatic carbocycles. The molecule has 3 aromatic rings. The smallest absolute Gasteiger partial charge is 0.265 e. The number of rotatable bonds is 7. The molecule has 6 nitrogen and oxygen atoms in total. The maximum Gasteiger partial charge on any atom is 0.265 e. The number of thiazole rings is 1. The lowest BCUT2D eigenvalue weighted by molar-refractivity contribution is -0.122. The number of anilines is 2. The monoisotopic (exact) mass is 383 g/mol. The van der Waals surface area contributed by atoms with E-state index in [1.165, 1.54) is 11.3 Å². The normalized spacial score (nSPS) is 11.6. The topological polar surface area (TPSA) is 86.5 Å². The Balaban J connectivity index is 1.68. The Morgan fingerprint density at radius 3 is 2.81 bits per heavy atom. The number of aromatic nitrogens is 1. The number of nitrogen functional groups attached to an aromatic ring is 1. The van der Waals surface area contributed by atoms with E-state index in [2.05, 4.69) is 10.3 Å². The average molecular weight is 383 g/mol. The second kappa shape index (κ2) is 8.55. The Kier molecular flexibility index (Phi) is 5.93. The van der Waals surface area contributed by atoms with E-state index in [0.717, 1.165) is 11.3 Å². The highest BCUT2D eigenvalue weighted by molar-refractivity contribution is 7.13. The van der Waals surface area contributed by atoms with Crippen LogP contribution in [0.25, 0.3) is 11.3 Å². The Hall–Kier alpha value is -3.06. The molecule has 1 aromatic heterocycles. The summed E-state index contributed by atoms with van der Waals surface area (Å²) in [6, 6.07) is 14.7. The predicted molar refractivity (Wildman–Crippen MR) is 108 cm³/mol. The van der Waals surface area contributed by atoms with E-state index in [1.54, 1.807) is 19.1 Å². The molecule has 0 aliphatic rings. The molecule has 1 heterocycles. The molecule has 3 N–H and O–H groups in total. The van der Waals surface area contributed by atoms with Crippen LogP contribution in [0.1, 0.15) is 13.8 Å². The fourth-order valence-electron chi connectivity index (χ4n) is 2.49. The van der Waals surface area contributed by atoms with Crippen molar-refractivity contribution in [1.82, 2.24) is 4.98 Å². The second-order valence-corrected chi connectivity index (χ2v) is 6.67. The van der Waals surface area contributed by atoms with Crippen LogP contribution < -0.4 is 20.5 Å². The van der Waals surface area contributed by atoms with Gasteiger partial charge in [0.1, 0.15) is 11.5 Å². The van der Waals surface area contributed by atoms with Crippen molar-refractivity contribution >= 4 is 28.1 Å². The maximum absolute atomic E-state index is 12.5. The third-order valence-electron chi connectivity index (χ3n) is 3.78. The number of carbonyl (C=O) groups excluding carboxylic acids is 1. The van der Waals surface area contributed by atoms with Crippen molar-refractivity contribution in [3.05, 3.63) is 53.9 Å². The van der Waals surface area contributed by atoms with E-state index in [-0.39, 0.29) is 5.91 Å². The highest BCUT2D eigenvalue weighted by Crippen LogP contribution is 2.27. The number of hydrogen-bond donors (Lipinski definition) is 2. The minimum atomic E-state index is -0.685. The highest BCUT2D eigenvalue weighted by Gasteiger charge is 2.17. The summed E-state index contributed by atoms with van der Waals surface area (Å²) in [5.74, 6) is 0.953. The molecule has 0 radical (unpaired) electrons. The van der Waals surface area contributed by atoms with Gasteiger partial charge in [0.05, 0.1) is 18.0 Å². The third-order valence-corrected chi connectivity index (χ3v) is 4.45. The number of amides is 1. The van der Waals surface area contributed by atoms with Crippen molar-refractivity contribution in [2.24, 2.45) is 0 Å². The first kappa shape index (κ1) is 18.7. The molecule has 1 unspecified atom stereocenters. The van der Waals surface area contributed by atoms with E-state index in [1.807, 2.05) is 48.7 Å². The van der Waals surface area contributed by atoms with Gasteiger partial charge in [0, 0.05) is 10.9 Å². The first-order valence-electron chi connectivity index (χ1n) is 8.57. The number of benzene rings is 2. The summed E-state index contributed by atoms with van der Waals surface area (Å²) in [5.41, 5.74) is 7.98. The number of carbonyl (C=O) groups is 1. The zero-order chi connectivity index (χ0) is 19.2. The number of nitrogens with zero attached hydrogens (tertiary/aromatic N) is 1. The van der Waals surface area contributed by atoms with Crippen molar-refractivity contribution < 1.29 is 14.3 Å². The van der Waals surface area contributed by atoms with Crippen molar-refractivity contribution in [3.63, 3.8) is 0 Å². The van der Waals surface area contributed by atoms with Crippen molar-refractivity contribution in [1.29, 1.82) is 0 Å². The Morgan fingerprint density at radius 2 is 2.07 bits per heavy atom. The standard InChI is InChI=1S/C20H21N3O3S/c1-3-25-18-10-5-4-9-16(18)22-19(24)13(2)26-15-8-6-7-14(11-15)17-12-27-20(21)23-17/h4-13H,3H2,1-2H3,(H2,21,23)(H,22,24). The fraction of sp³-hybridized carbons (Fsp3) is 0.200. The first-order valence-corrected chi connectivity index (χ1v) is 9.45. The molecule has 0 saturated carbocycles. The van der Waals surface area contributed by atoms with Gasteiger partial charge < -0.3 is 20.5 Å². The summed E-state index contributed by atoms with van der Waals surface area (Å²) in [4.78, 5) is 16.8. The van der Waals surface area contributed by atoms with Crippen LogP contribution in [0.2, 0.25) is 0 Å². The van der Waals surface area contributed by atoms with Crippen LogP contribution in [0.5, 0.6) is 11.5 Å². The quantitative estimate of drug-likeness (QED) is 0.639. The maximum atomic E-state index is 12.5. The van der Waals surface area contributed by atoms with Crippen LogP contribution in [-0.2, 0) is 4.79 Å². The van der Waals surface area contributed by atoms with Crippen LogP contribution in [0.4, 0.5) is 10.8 Å². The molecule has 1 atom stereocenters. The molecular weight excluding hydrogens is 362 g/mol. The molecule has 0 bridgehead atoms. The number of nitrogens with two attached hydrogens (primary N) is 1. The summed E-state index contributed by atoms with van der Waals surface area (Å²) in [6.45, 7) is 4.12. The first-order chi connectivity index (χ1) is 13.1. The van der Waals surface area contributed by atoms with Gasteiger partial charge in [-0.05, 0) is 38.1 Å². The van der Waals surface area contributed by atoms with Gasteiger partial charge in [-0.3, -0.25) is 4.79 Å². The molecule has 0 aliphatic heterocycles. The predicted octanol–water partition coefficient (Wildman–Crippen LogP) is 4.20. The number of ether oxygens (including phenoxy) is 2. The molecule has 0 saturated heterocycles. The lowest BCUT2D eigenvalue weighted by atomic mass is 10.1. The average Bonchev–Trinajstić information content (AvgIpc) is 3.10. The lowest BCUT2D eigenvalue weighted by Crippen LogP contribution is -2.30. The van der Waals surface area contributed by atoms with Crippen molar-refractivity contribution in [3.8, 4) is 22.8 Å². The Morgan fingerprint density at radius 1 is 1.26 bits per heavy atom. The van der Waals surface area contributed by atoms with Gasteiger partial charge in [0.25, 0.3) is 5.91 Å². The molecule has 0 fully saturated rings. The van der Waals surface area contributed by atoms with E-state index in [4.69, 9.17) is 15.2 Å². The van der Waals surface area contributed by atoms with E-state index < -0.39 is 6.10 Å². The van der Waals surface area contributed by atoms with Crippen molar-refractivity contribution in [2.75, 3.05) is 17.7 Å². The highest BCUT2D eigenvalue weighted by atomic mass is 32.1. The summed E-state index contributed by atoms with van der Waals surface area (Å²) in [7, 11) is 0. The molecule has 140 valence electrons. The van der Waals surface area contributed by atoms with E-state index in [9.17, 15) is 4.79 Å². The summed E-state index contributed by atoms with van der Waals surface area (Å²) in [5, 5.41) is 5.24. The second-order valence-electron chi connectivity index (χ2n) is 5.78. The van der Waals surface area contributed by atoms with Gasteiger partial charge in [0.15, 0.2) is 11.2 Å². The SMILES string of the molecule is CCOc1ccccc1NC(=O)C(C)Oc1cccc(-c2csc(N)n2)c1. The van der Waals surface area contributed by atoms with E-state index >= 15 is 0 Å². The Bertz CT molecular complexity index is 926. The van der Waals surface area contributed by atoms with Gasteiger partial charge >= 0.3 is 0 Å². The molecule has 0 spiro atoms. The molecular formula is C20H21N3O3S. The minimum Gasteiger partial charge on any atom is -0.492 e. The lowest BCUT2D eigenvalue weighted by Gasteiger charge is -2.17. The van der Waals surface area contributed by atoms with Crippen LogP contribution >= 0.6 is 11.3 Å². The molecule has 27 heavy (non-hydrogen) atoms. The Labute approximate surface area is 162 Å². The zero-order valence-electron chi connectivity index (χ0n) is 15.1. The molecule has 1 amide bonds. The number of nitrogens with one attached hydrogen (secondary N) is 1. The van der Waals surface area contributed by atoms with Crippen LogP contribution in [-0.4, -0.2) is 23.6 Å². The van der Waals surface area contributed by atoms with E-state index in [0.29, 0.717) is 28.9 Å². The molecule has 0 aliphatic carbocycles. The number of hydrogen-bond acceptors (Lipinski definition) is 6. The summed E-state index contributed by atoms with van der Waals surface area (Å²) in [6.07, 6.45) is -0.685. The largest absolute Gasteiger partial charge is 0.492 e. The van der Waals surface area contributed by atoms with Crippen LogP contribution in [0.3, 0.4) is 0 Å². The summed E-state index contributed by atoms with van der Waals surface area (Å²) < 4.78 is 11.3. The van der Waals surface area contributed by atoms with Crippen LogP contribution in [0.15, 0.2) is 53.9 Å². The van der Waals surface area contributed by atoms with Crippen molar-refractivity contribution in [2.45, 2.75) is 20.0 Å².